The van der Waals surface area contributed by atoms with E-state index in [4.69, 9.17) is 5.11 Å². The standard InChI is InChI=1S/C6H9NO3S/c8-1-2-11-4-3-5(9)7-6(4)10/h4,8H,1-3H2,(H,7,9,10). The van der Waals surface area contributed by atoms with Crippen molar-refractivity contribution < 1.29 is 14.7 Å². The molecule has 1 aliphatic heterocycles. The quantitative estimate of drug-likeness (QED) is 0.547. The van der Waals surface area contributed by atoms with E-state index in [0.717, 1.165) is 0 Å². The molecule has 0 radical (unpaired) electrons. The molecule has 11 heavy (non-hydrogen) atoms. The zero-order valence-electron chi connectivity index (χ0n) is 5.87. The summed E-state index contributed by atoms with van der Waals surface area (Å²) in [6.45, 7) is 0.0443. The van der Waals surface area contributed by atoms with Gasteiger partial charge < -0.3 is 5.11 Å². The normalized spacial score (nSPS) is 23.9. The molecule has 1 aliphatic rings. The fourth-order valence-corrected chi connectivity index (χ4v) is 1.73. The topological polar surface area (TPSA) is 66.4 Å². The van der Waals surface area contributed by atoms with E-state index in [1.807, 2.05) is 0 Å². The minimum Gasteiger partial charge on any atom is -0.396 e. The van der Waals surface area contributed by atoms with Crippen LogP contribution in [0.3, 0.4) is 0 Å². The second-order valence-corrected chi connectivity index (χ2v) is 3.51. The van der Waals surface area contributed by atoms with Gasteiger partial charge in [-0.3, -0.25) is 14.9 Å². The predicted octanol–water partition coefficient (Wildman–Crippen LogP) is -0.873. The average molecular weight is 175 g/mol. The highest BCUT2D eigenvalue weighted by atomic mass is 32.2. The van der Waals surface area contributed by atoms with Crippen molar-refractivity contribution in [2.75, 3.05) is 12.4 Å². The van der Waals surface area contributed by atoms with E-state index in [2.05, 4.69) is 5.32 Å². The van der Waals surface area contributed by atoms with Gasteiger partial charge in [0, 0.05) is 12.2 Å². The van der Waals surface area contributed by atoms with Crippen LogP contribution in [0.2, 0.25) is 0 Å². The zero-order valence-corrected chi connectivity index (χ0v) is 6.69. The summed E-state index contributed by atoms with van der Waals surface area (Å²) in [6, 6.07) is 0. The van der Waals surface area contributed by atoms with Crippen molar-refractivity contribution in [1.82, 2.24) is 5.32 Å². The lowest BCUT2D eigenvalue weighted by molar-refractivity contribution is -0.124. The number of thioether (sulfide) groups is 1. The molecule has 1 unspecified atom stereocenters. The fourth-order valence-electron chi connectivity index (χ4n) is 0.860. The van der Waals surface area contributed by atoms with Gasteiger partial charge in [0.2, 0.25) is 11.8 Å². The Kier molecular flexibility index (Phi) is 2.90. The molecule has 0 aromatic rings. The first-order valence-electron chi connectivity index (χ1n) is 3.30. The molecule has 5 heteroatoms. The van der Waals surface area contributed by atoms with E-state index < -0.39 is 0 Å². The van der Waals surface area contributed by atoms with Gasteiger partial charge in [0.15, 0.2) is 0 Å². The molecule has 1 saturated heterocycles. The molecule has 0 saturated carbocycles. The summed E-state index contributed by atoms with van der Waals surface area (Å²) < 4.78 is 0. The van der Waals surface area contributed by atoms with E-state index in [0.29, 0.717) is 5.75 Å². The minimum atomic E-state index is -0.283. The van der Waals surface area contributed by atoms with Gasteiger partial charge >= 0.3 is 0 Å². The number of rotatable bonds is 3. The van der Waals surface area contributed by atoms with Crippen molar-refractivity contribution in [2.24, 2.45) is 0 Å². The molecule has 0 aliphatic carbocycles. The molecule has 0 spiro atoms. The summed E-state index contributed by atoms with van der Waals surface area (Å²) in [5.74, 6) is 0.0599. The Bertz CT molecular complexity index is 183. The molecule has 0 bridgehead atoms. The van der Waals surface area contributed by atoms with E-state index in [1.165, 1.54) is 11.8 Å². The largest absolute Gasteiger partial charge is 0.396 e. The highest BCUT2D eigenvalue weighted by molar-refractivity contribution is 8.00. The molecule has 0 aromatic carbocycles. The van der Waals surface area contributed by atoms with E-state index >= 15 is 0 Å². The summed E-state index contributed by atoms with van der Waals surface area (Å²) in [5, 5.41) is 10.4. The Balaban J connectivity index is 2.34. The second kappa shape index (κ2) is 3.73. The molecule has 1 rings (SSSR count). The zero-order chi connectivity index (χ0) is 8.27. The van der Waals surface area contributed by atoms with Crippen LogP contribution >= 0.6 is 11.8 Å². The highest BCUT2D eigenvalue weighted by Crippen LogP contribution is 2.18. The van der Waals surface area contributed by atoms with Gasteiger partial charge in [0.05, 0.1) is 11.9 Å². The van der Waals surface area contributed by atoms with Crippen molar-refractivity contribution >= 4 is 23.6 Å². The monoisotopic (exact) mass is 175 g/mol. The van der Waals surface area contributed by atoms with Crippen LogP contribution in [-0.2, 0) is 9.59 Å². The third-order valence-electron chi connectivity index (χ3n) is 1.34. The van der Waals surface area contributed by atoms with Crippen LogP contribution in [0.15, 0.2) is 0 Å². The number of aliphatic hydroxyl groups is 1. The Morgan fingerprint density at radius 2 is 2.36 bits per heavy atom. The molecule has 62 valence electrons. The van der Waals surface area contributed by atoms with Crippen LogP contribution in [0.5, 0.6) is 0 Å². The Morgan fingerprint density at radius 3 is 2.82 bits per heavy atom. The lowest BCUT2D eigenvalue weighted by Gasteiger charge is -2.01. The number of nitrogens with one attached hydrogen (secondary N) is 1. The minimum absolute atomic E-state index is 0.0443. The number of hydrogen-bond donors (Lipinski definition) is 2. The van der Waals surface area contributed by atoms with Crippen molar-refractivity contribution in [3.8, 4) is 0 Å². The van der Waals surface area contributed by atoms with Crippen LogP contribution < -0.4 is 5.32 Å². The molecule has 2 N–H and O–H groups in total. The average Bonchev–Trinajstić information content (AvgIpc) is 2.26. The SMILES string of the molecule is O=C1CC(SCCO)C(=O)N1. The van der Waals surface area contributed by atoms with Crippen molar-refractivity contribution in [2.45, 2.75) is 11.7 Å². The highest BCUT2D eigenvalue weighted by Gasteiger charge is 2.30. The van der Waals surface area contributed by atoms with Gasteiger partial charge in [-0.15, -0.1) is 11.8 Å². The first-order valence-corrected chi connectivity index (χ1v) is 4.35. The molecule has 2 amide bonds. The molecule has 1 heterocycles. The number of carbonyl (C=O) groups excluding carboxylic acids is 2. The second-order valence-electron chi connectivity index (χ2n) is 2.20. The Morgan fingerprint density at radius 1 is 1.64 bits per heavy atom. The van der Waals surface area contributed by atoms with Crippen LogP contribution in [0.25, 0.3) is 0 Å². The lowest BCUT2D eigenvalue weighted by Crippen LogP contribution is -2.23. The van der Waals surface area contributed by atoms with E-state index in [9.17, 15) is 9.59 Å². The molecule has 4 nitrogen and oxygen atoms in total. The van der Waals surface area contributed by atoms with Crippen molar-refractivity contribution in [3.63, 3.8) is 0 Å². The number of amides is 2. The summed E-state index contributed by atoms with van der Waals surface area (Å²) in [4.78, 5) is 21.5. The molecule has 1 fully saturated rings. The van der Waals surface area contributed by atoms with Gasteiger partial charge in [-0.25, -0.2) is 0 Å². The van der Waals surface area contributed by atoms with Crippen LogP contribution in [0.4, 0.5) is 0 Å². The third kappa shape index (κ3) is 2.20. The van der Waals surface area contributed by atoms with Crippen LogP contribution in [0, 0.1) is 0 Å². The summed E-state index contributed by atoms with van der Waals surface area (Å²) in [6.07, 6.45) is 0.253. The van der Waals surface area contributed by atoms with Crippen molar-refractivity contribution in [1.29, 1.82) is 0 Å². The van der Waals surface area contributed by atoms with Crippen LogP contribution in [0.1, 0.15) is 6.42 Å². The lowest BCUT2D eigenvalue weighted by atomic mass is 10.4. The van der Waals surface area contributed by atoms with Gasteiger partial charge in [-0.2, -0.15) is 0 Å². The summed E-state index contributed by atoms with van der Waals surface area (Å²) in [5.41, 5.74) is 0. The first-order chi connectivity index (χ1) is 5.24. The number of imide groups is 1. The Hall–Kier alpha value is -0.550. The van der Waals surface area contributed by atoms with Crippen LogP contribution in [-0.4, -0.2) is 34.5 Å². The number of hydrogen-bond acceptors (Lipinski definition) is 4. The predicted molar refractivity (Wildman–Crippen MR) is 41.1 cm³/mol. The van der Waals surface area contributed by atoms with Gasteiger partial charge in [-0.1, -0.05) is 0 Å². The smallest absolute Gasteiger partial charge is 0.240 e. The maximum atomic E-state index is 10.9. The van der Waals surface area contributed by atoms with Gasteiger partial charge in [-0.05, 0) is 0 Å². The number of carbonyl (C=O) groups is 2. The molecular formula is C6H9NO3S. The van der Waals surface area contributed by atoms with E-state index in [1.54, 1.807) is 0 Å². The molecule has 0 aromatic heterocycles. The number of aliphatic hydroxyl groups excluding tert-OH is 1. The first kappa shape index (κ1) is 8.55. The Labute approximate surface area is 68.3 Å². The fraction of sp³-hybridized carbons (Fsp3) is 0.667. The summed E-state index contributed by atoms with van der Waals surface area (Å²) >= 11 is 1.31. The van der Waals surface area contributed by atoms with E-state index in [-0.39, 0.29) is 30.1 Å². The third-order valence-corrected chi connectivity index (χ3v) is 2.54. The maximum Gasteiger partial charge on any atom is 0.240 e. The maximum absolute atomic E-state index is 10.9. The van der Waals surface area contributed by atoms with Gasteiger partial charge in [0.25, 0.3) is 0 Å². The summed E-state index contributed by atoms with van der Waals surface area (Å²) in [7, 11) is 0. The van der Waals surface area contributed by atoms with Crippen molar-refractivity contribution in [3.05, 3.63) is 0 Å². The van der Waals surface area contributed by atoms with Gasteiger partial charge in [0.1, 0.15) is 0 Å². The molecule has 1 atom stereocenters. The molecular weight excluding hydrogens is 166 g/mol.